The summed E-state index contributed by atoms with van der Waals surface area (Å²) in [5, 5.41) is 9.17. The Morgan fingerprint density at radius 1 is 1.29 bits per heavy atom. The Labute approximate surface area is 120 Å². The summed E-state index contributed by atoms with van der Waals surface area (Å²) in [6.07, 6.45) is 0.671. The van der Waals surface area contributed by atoms with Crippen LogP contribution in [0.3, 0.4) is 0 Å². The molecule has 2 aliphatic rings. The molecule has 3 rings (SSSR count). The van der Waals surface area contributed by atoms with Gasteiger partial charge >= 0.3 is 12.0 Å². The van der Waals surface area contributed by atoms with E-state index in [1.807, 2.05) is 0 Å². The second kappa shape index (κ2) is 4.76. The van der Waals surface area contributed by atoms with Gasteiger partial charge in [0.2, 0.25) is 0 Å². The number of urea groups is 1. The number of ether oxygens (including phenoxy) is 1. The summed E-state index contributed by atoms with van der Waals surface area (Å²) >= 11 is 0. The fraction of sp³-hybridized carbons (Fsp3) is 0.357. The van der Waals surface area contributed by atoms with Crippen LogP contribution in [-0.4, -0.2) is 47.1 Å². The number of carboxylic acids is 1. The van der Waals surface area contributed by atoms with Gasteiger partial charge in [-0.25, -0.2) is 14.5 Å². The minimum Gasteiger partial charge on any atom is -0.495 e. The number of amides is 3. The average molecular weight is 290 g/mol. The predicted molar refractivity (Wildman–Crippen MR) is 72.2 cm³/mol. The Bertz CT molecular complexity index is 630. The van der Waals surface area contributed by atoms with E-state index in [2.05, 4.69) is 0 Å². The fourth-order valence-electron chi connectivity index (χ4n) is 2.96. The standard InChI is InChI=1S/C14H14N2O5/c1-21-11-5-3-2-4-8(11)16-12(17)9-6-7-10(13(18)19)15(9)14(16)20/h2-5,9-10H,6-7H2,1H3,(H,18,19). The lowest BCUT2D eigenvalue weighted by molar-refractivity contribution is -0.141. The van der Waals surface area contributed by atoms with Gasteiger partial charge in [-0.05, 0) is 25.0 Å². The summed E-state index contributed by atoms with van der Waals surface area (Å²) in [7, 11) is 1.45. The highest BCUT2D eigenvalue weighted by atomic mass is 16.5. The van der Waals surface area contributed by atoms with Crippen molar-refractivity contribution in [2.45, 2.75) is 24.9 Å². The molecular weight excluding hydrogens is 276 g/mol. The van der Waals surface area contributed by atoms with Crippen LogP contribution < -0.4 is 9.64 Å². The quantitative estimate of drug-likeness (QED) is 0.842. The summed E-state index contributed by atoms with van der Waals surface area (Å²) in [5.41, 5.74) is 0.341. The molecule has 3 amide bonds. The van der Waals surface area contributed by atoms with Gasteiger partial charge in [-0.2, -0.15) is 0 Å². The first-order valence-corrected chi connectivity index (χ1v) is 6.58. The molecule has 2 unspecified atom stereocenters. The molecule has 1 aromatic carbocycles. The van der Waals surface area contributed by atoms with Crippen LogP contribution in [-0.2, 0) is 9.59 Å². The number of nitrogens with zero attached hydrogens (tertiary/aromatic N) is 2. The van der Waals surface area contributed by atoms with Gasteiger partial charge in [0.15, 0.2) is 0 Å². The number of hydrogen-bond donors (Lipinski definition) is 1. The molecule has 1 N–H and O–H groups in total. The van der Waals surface area contributed by atoms with Crippen molar-refractivity contribution in [3.05, 3.63) is 24.3 Å². The minimum absolute atomic E-state index is 0.303. The Morgan fingerprint density at radius 2 is 2.00 bits per heavy atom. The molecule has 0 aliphatic carbocycles. The number of rotatable bonds is 3. The number of hydrogen-bond acceptors (Lipinski definition) is 4. The van der Waals surface area contributed by atoms with E-state index >= 15 is 0 Å². The molecule has 110 valence electrons. The zero-order valence-electron chi connectivity index (χ0n) is 11.4. The molecule has 21 heavy (non-hydrogen) atoms. The summed E-state index contributed by atoms with van der Waals surface area (Å²) in [5.74, 6) is -1.08. The molecule has 0 bridgehead atoms. The van der Waals surface area contributed by atoms with Gasteiger partial charge in [0.1, 0.15) is 17.8 Å². The van der Waals surface area contributed by atoms with Crippen molar-refractivity contribution in [3.8, 4) is 5.75 Å². The Balaban J connectivity index is 2.01. The monoisotopic (exact) mass is 290 g/mol. The number of benzene rings is 1. The molecule has 2 fully saturated rings. The maximum absolute atomic E-state index is 12.5. The van der Waals surface area contributed by atoms with Crippen LogP contribution in [0.15, 0.2) is 24.3 Å². The molecule has 0 radical (unpaired) electrons. The van der Waals surface area contributed by atoms with E-state index in [1.165, 1.54) is 7.11 Å². The molecule has 0 aromatic heterocycles. The first-order chi connectivity index (χ1) is 10.1. The van der Waals surface area contributed by atoms with E-state index < -0.39 is 30.0 Å². The third-order valence-corrected chi connectivity index (χ3v) is 3.91. The van der Waals surface area contributed by atoms with Crippen LogP contribution in [0.25, 0.3) is 0 Å². The van der Waals surface area contributed by atoms with Crippen molar-refractivity contribution in [2.24, 2.45) is 0 Å². The zero-order valence-corrected chi connectivity index (χ0v) is 11.4. The lowest BCUT2D eigenvalue weighted by atomic mass is 10.1. The lowest BCUT2D eigenvalue weighted by Gasteiger charge is -2.21. The number of aliphatic carboxylic acids is 1. The van der Waals surface area contributed by atoms with Crippen molar-refractivity contribution < 1.29 is 24.2 Å². The number of carbonyl (C=O) groups is 3. The molecule has 7 nitrogen and oxygen atoms in total. The molecule has 1 aromatic rings. The minimum atomic E-state index is -1.08. The molecule has 2 saturated heterocycles. The van der Waals surface area contributed by atoms with Gasteiger partial charge < -0.3 is 9.84 Å². The van der Waals surface area contributed by atoms with Crippen LogP contribution in [0.2, 0.25) is 0 Å². The maximum atomic E-state index is 12.5. The number of fused-ring (bicyclic) bond motifs is 1. The molecular formula is C14H14N2O5. The maximum Gasteiger partial charge on any atom is 0.332 e. The number of methoxy groups -OCH3 is 1. The van der Waals surface area contributed by atoms with Crippen molar-refractivity contribution >= 4 is 23.6 Å². The highest BCUT2D eigenvalue weighted by molar-refractivity contribution is 6.23. The van der Waals surface area contributed by atoms with Crippen LogP contribution in [0.5, 0.6) is 5.75 Å². The third kappa shape index (κ3) is 1.84. The zero-order chi connectivity index (χ0) is 15.1. The topological polar surface area (TPSA) is 87.2 Å². The summed E-state index contributed by atoms with van der Waals surface area (Å²) < 4.78 is 5.17. The molecule has 2 heterocycles. The molecule has 2 aliphatic heterocycles. The number of carbonyl (C=O) groups excluding carboxylic acids is 2. The van der Waals surface area contributed by atoms with Crippen molar-refractivity contribution in [2.75, 3.05) is 12.0 Å². The second-order valence-electron chi connectivity index (χ2n) is 4.98. The summed E-state index contributed by atoms with van der Waals surface area (Å²) in [6, 6.07) is 4.44. The van der Waals surface area contributed by atoms with Crippen LogP contribution in [0.1, 0.15) is 12.8 Å². The van der Waals surface area contributed by atoms with Gasteiger partial charge in [0.05, 0.1) is 12.8 Å². The van der Waals surface area contributed by atoms with Gasteiger partial charge in [-0.1, -0.05) is 12.1 Å². The van der Waals surface area contributed by atoms with E-state index in [4.69, 9.17) is 4.74 Å². The first-order valence-electron chi connectivity index (χ1n) is 6.58. The molecule has 0 spiro atoms. The van der Waals surface area contributed by atoms with Crippen LogP contribution in [0, 0.1) is 0 Å². The number of imide groups is 1. The van der Waals surface area contributed by atoms with Gasteiger partial charge in [-0.3, -0.25) is 9.69 Å². The van der Waals surface area contributed by atoms with E-state index in [0.29, 0.717) is 24.3 Å². The molecule has 0 saturated carbocycles. The van der Waals surface area contributed by atoms with Gasteiger partial charge in [-0.15, -0.1) is 0 Å². The van der Waals surface area contributed by atoms with Crippen LogP contribution in [0.4, 0.5) is 10.5 Å². The van der Waals surface area contributed by atoms with E-state index in [9.17, 15) is 19.5 Å². The van der Waals surface area contributed by atoms with Gasteiger partial charge in [0.25, 0.3) is 5.91 Å². The fourth-order valence-corrected chi connectivity index (χ4v) is 2.96. The molecule has 2 atom stereocenters. The Kier molecular flexibility index (Phi) is 3.04. The Morgan fingerprint density at radius 3 is 2.67 bits per heavy atom. The van der Waals surface area contributed by atoms with E-state index in [-0.39, 0.29) is 0 Å². The highest BCUT2D eigenvalue weighted by Crippen LogP contribution is 2.38. The van der Waals surface area contributed by atoms with Crippen molar-refractivity contribution in [3.63, 3.8) is 0 Å². The number of anilines is 1. The third-order valence-electron chi connectivity index (χ3n) is 3.91. The first kappa shape index (κ1) is 13.4. The second-order valence-corrected chi connectivity index (χ2v) is 4.98. The predicted octanol–water partition coefficient (Wildman–Crippen LogP) is 1.08. The lowest BCUT2D eigenvalue weighted by Crippen LogP contribution is -2.42. The normalized spacial score (nSPS) is 24.4. The number of para-hydroxylation sites is 2. The molecule has 7 heteroatoms. The van der Waals surface area contributed by atoms with Gasteiger partial charge in [0, 0.05) is 0 Å². The SMILES string of the molecule is COc1ccccc1N1C(=O)C2CCC(C(=O)O)N2C1=O. The largest absolute Gasteiger partial charge is 0.495 e. The highest BCUT2D eigenvalue weighted by Gasteiger charge is 2.54. The number of carboxylic acid groups (broad SMARTS) is 1. The van der Waals surface area contributed by atoms with E-state index in [1.54, 1.807) is 24.3 Å². The summed E-state index contributed by atoms with van der Waals surface area (Å²) in [4.78, 5) is 38.3. The summed E-state index contributed by atoms with van der Waals surface area (Å²) in [6.45, 7) is 0. The average Bonchev–Trinajstić information content (AvgIpc) is 3.01. The smallest absolute Gasteiger partial charge is 0.332 e. The van der Waals surface area contributed by atoms with E-state index in [0.717, 1.165) is 9.80 Å². The Hall–Kier alpha value is -2.57. The van der Waals surface area contributed by atoms with Crippen molar-refractivity contribution in [1.82, 2.24) is 4.90 Å². The van der Waals surface area contributed by atoms with Crippen molar-refractivity contribution in [1.29, 1.82) is 0 Å². The van der Waals surface area contributed by atoms with Crippen LogP contribution >= 0.6 is 0 Å².